The number of pyridine rings is 1. The quantitative estimate of drug-likeness (QED) is 0.896. The molecule has 0 bridgehead atoms. The zero-order valence-electron chi connectivity index (χ0n) is 15.5. The Morgan fingerprint density at radius 1 is 1.38 bits per heavy atom. The normalized spacial score (nSPS) is 16.9. The Balaban J connectivity index is 1.41. The van der Waals surface area contributed by atoms with Crippen LogP contribution in [0.5, 0.6) is 5.75 Å². The topological polar surface area (TPSA) is 71.1 Å². The van der Waals surface area contributed by atoms with Gasteiger partial charge in [-0.15, -0.1) is 0 Å². The van der Waals surface area contributed by atoms with Crippen molar-refractivity contribution in [1.29, 1.82) is 0 Å². The van der Waals surface area contributed by atoms with E-state index < -0.39 is 0 Å². The van der Waals surface area contributed by atoms with Crippen LogP contribution in [0.15, 0.2) is 12.1 Å². The summed E-state index contributed by atoms with van der Waals surface area (Å²) < 4.78 is 5.80. The molecule has 1 amide bonds. The monoisotopic (exact) mass is 354 g/mol. The number of carbonyl (C=O) groups is 1. The summed E-state index contributed by atoms with van der Waals surface area (Å²) in [6, 6.07) is 3.83. The van der Waals surface area contributed by atoms with Crippen LogP contribution < -0.4 is 4.74 Å². The van der Waals surface area contributed by atoms with Crippen LogP contribution in [-0.2, 0) is 24.2 Å². The van der Waals surface area contributed by atoms with Crippen LogP contribution in [0.3, 0.4) is 0 Å². The molecule has 2 aromatic heterocycles. The lowest BCUT2D eigenvalue weighted by molar-refractivity contribution is -0.134. The first-order valence-electron chi connectivity index (χ1n) is 9.58. The van der Waals surface area contributed by atoms with E-state index in [0.29, 0.717) is 24.8 Å². The SMILES string of the molecule is CCc1nc(C)ccc1OCC(=O)N1CCc2[nH]nc(C3CCC3)c2C1. The number of aromatic amines is 1. The zero-order valence-corrected chi connectivity index (χ0v) is 15.5. The third-order valence-electron chi connectivity index (χ3n) is 5.57. The maximum Gasteiger partial charge on any atom is 0.260 e. The number of H-pyrrole nitrogens is 1. The Bertz CT molecular complexity index is 810. The molecule has 2 aromatic rings. The molecule has 1 fully saturated rings. The minimum atomic E-state index is 0.0269. The Morgan fingerprint density at radius 3 is 2.96 bits per heavy atom. The Morgan fingerprint density at radius 2 is 2.23 bits per heavy atom. The van der Waals surface area contributed by atoms with E-state index in [1.807, 2.05) is 30.9 Å². The van der Waals surface area contributed by atoms with Crippen LogP contribution in [0, 0.1) is 6.92 Å². The lowest BCUT2D eigenvalue weighted by atomic mass is 9.81. The molecule has 0 radical (unpaired) electrons. The summed E-state index contributed by atoms with van der Waals surface area (Å²) in [5.41, 5.74) is 5.49. The number of ether oxygens (including phenoxy) is 1. The molecule has 0 saturated heterocycles. The second-order valence-corrected chi connectivity index (χ2v) is 7.30. The highest BCUT2D eigenvalue weighted by Crippen LogP contribution is 2.38. The molecule has 6 nitrogen and oxygen atoms in total. The van der Waals surface area contributed by atoms with Crippen molar-refractivity contribution in [2.24, 2.45) is 0 Å². The van der Waals surface area contributed by atoms with E-state index in [4.69, 9.17) is 4.74 Å². The van der Waals surface area contributed by atoms with Crippen LogP contribution in [0.2, 0.25) is 0 Å². The first-order valence-corrected chi connectivity index (χ1v) is 9.58. The van der Waals surface area contributed by atoms with Gasteiger partial charge in [-0.05, 0) is 38.3 Å². The van der Waals surface area contributed by atoms with E-state index >= 15 is 0 Å². The highest BCUT2D eigenvalue weighted by atomic mass is 16.5. The van der Waals surface area contributed by atoms with Gasteiger partial charge in [0.1, 0.15) is 5.75 Å². The number of nitrogens with zero attached hydrogens (tertiary/aromatic N) is 3. The smallest absolute Gasteiger partial charge is 0.260 e. The van der Waals surface area contributed by atoms with Crippen molar-refractivity contribution in [1.82, 2.24) is 20.1 Å². The maximum atomic E-state index is 12.7. The van der Waals surface area contributed by atoms with Gasteiger partial charge in [-0.2, -0.15) is 5.10 Å². The fourth-order valence-electron chi connectivity index (χ4n) is 3.76. The van der Waals surface area contributed by atoms with Crippen molar-refractivity contribution < 1.29 is 9.53 Å². The van der Waals surface area contributed by atoms with Gasteiger partial charge in [0.05, 0.1) is 11.4 Å². The minimum absolute atomic E-state index is 0.0269. The number of amides is 1. The molecule has 1 aliphatic heterocycles. The van der Waals surface area contributed by atoms with Gasteiger partial charge < -0.3 is 9.64 Å². The van der Waals surface area contributed by atoms with Gasteiger partial charge >= 0.3 is 0 Å². The molecule has 0 atom stereocenters. The predicted octanol–water partition coefficient (Wildman–Crippen LogP) is 2.91. The average molecular weight is 354 g/mol. The third-order valence-corrected chi connectivity index (χ3v) is 5.57. The van der Waals surface area contributed by atoms with Gasteiger partial charge in [-0.1, -0.05) is 13.3 Å². The fourth-order valence-corrected chi connectivity index (χ4v) is 3.76. The summed E-state index contributed by atoms with van der Waals surface area (Å²) in [4.78, 5) is 19.1. The lowest BCUT2D eigenvalue weighted by Crippen LogP contribution is -2.39. The van der Waals surface area contributed by atoms with Gasteiger partial charge in [0, 0.05) is 42.4 Å². The number of rotatable bonds is 5. The molecule has 3 heterocycles. The molecule has 6 heteroatoms. The highest BCUT2D eigenvalue weighted by Gasteiger charge is 2.30. The largest absolute Gasteiger partial charge is 0.482 e. The summed E-state index contributed by atoms with van der Waals surface area (Å²) in [7, 11) is 0. The Kier molecular flexibility index (Phi) is 4.66. The Labute approximate surface area is 154 Å². The van der Waals surface area contributed by atoms with Crippen LogP contribution >= 0.6 is 0 Å². The van der Waals surface area contributed by atoms with Crippen LogP contribution in [-0.4, -0.2) is 39.1 Å². The number of aromatic nitrogens is 3. The van der Waals surface area contributed by atoms with Gasteiger partial charge in [0.2, 0.25) is 0 Å². The average Bonchev–Trinajstić information content (AvgIpc) is 3.01. The molecule has 0 spiro atoms. The van der Waals surface area contributed by atoms with Gasteiger partial charge in [-0.25, -0.2) is 0 Å². The van der Waals surface area contributed by atoms with Crippen LogP contribution in [0.1, 0.15) is 60.4 Å². The maximum absolute atomic E-state index is 12.7. The molecule has 1 saturated carbocycles. The molecule has 1 N–H and O–H groups in total. The van der Waals surface area contributed by atoms with E-state index in [1.54, 1.807) is 0 Å². The number of aryl methyl sites for hydroxylation is 2. The van der Waals surface area contributed by atoms with Gasteiger partial charge in [0.15, 0.2) is 6.61 Å². The fraction of sp³-hybridized carbons (Fsp3) is 0.550. The zero-order chi connectivity index (χ0) is 18.1. The van der Waals surface area contributed by atoms with Gasteiger partial charge in [-0.3, -0.25) is 14.9 Å². The van der Waals surface area contributed by atoms with E-state index in [2.05, 4.69) is 15.2 Å². The summed E-state index contributed by atoms with van der Waals surface area (Å²) in [6.07, 6.45) is 5.35. The van der Waals surface area contributed by atoms with E-state index in [1.165, 1.54) is 36.2 Å². The Hall–Kier alpha value is -2.37. The van der Waals surface area contributed by atoms with E-state index in [9.17, 15) is 4.79 Å². The third kappa shape index (κ3) is 3.20. The summed E-state index contributed by atoms with van der Waals surface area (Å²) in [6.45, 7) is 5.43. The molecule has 0 aromatic carbocycles. The lowest BCUT2D eigenvalue weighted by Gasteiger charge is -2.30. The molecular formula is C20H26N4O2. The first kappa shape index (κ1) is 17.1. The van der Waals surface area contributed by atoms with Crippen molar-refractivity contribution in [3.8, 4) is 5.75 Å². The molecular weight excluding hydrogens is 328 g/mol. The second-order valence-electron chi connectivity index (χ2n) is 7.30. The van der Waals surface area contributed by atoms with Crippen molar-refractivity contribution >= 4 is 5.91 Å². The molecule has 1 aliphatic carbocycles. The molecule has 0 unspecified atom stereocenters. The first-order chi connectivity index (χ1) is 12.7. The number of carbonyl (C=O) groups excluding carboxylic acids is 1. The van der Waals surface area contributed by atoms with Crippen molar-refractivity contribution in [2.45, 2.75) is 58.4 Å². The van der Waals surface area contributed by atoms with Crippen molar-refractivity contribution in [2.75, 3.05) is 13.2 Å². The highest BCUT2D eigenvalue weighted by molar-refractivity contribution is 5.78. The van der Waals surface area contributed by atoms with Crippen LogP contribution in [0.4, 0.5) is 0 Å². The molecule has 2 aliphatic rings. The summed E-state index contributed by atoms with van der Waals surface area (Å²) in [5.74, 6) is 1.31. The number of nitrogens with one attached hydrogen (secondary N) is 1. The van der Waals surface area contributed by atoms with Crippen molar-refractivity contribution in [3.63, 3.8) is 0 Å². The second kappa shape index (κ2) is 7.09. The standard InChI is InChI=1S/C20H26N4O2/c1-3-16-18(8-7-13(2)21-16)26-12-19(25)24-10-9-17-15(11-24)20(23-22-17)14-5-4-6-14/h7-8,14H,3-6,9-12H2,1-2H3,(H,22,23). The molecule has 138 valence electrons. The van der Waals surface area contributed by atoms with Crippen molar-refractivity contribution in [3.05, 3.63) is 40.5 Å². The number of hydrogen-bond acceptors (Lipinski definition) is 4. The molecule has 26 heavy (non-hydrogen) atoms. The predicted molar refractivity (Wildman–Crippen MR) is 98.1 cm³/mol. The van der Waals surface area contributed by atoms with E-state index in [0.717, 1.165) is 24.2 Å². The number of fused-ring (bicyclic) bond motifs is 1. The minimum Gasteiger partial charge on any atom is -0.482 e. The summed E-state index contributed by atoms with van der Waals surface area (Å²) >= 11 is 0. The molecule has 4 rings (SSSR count). The number of hydrogen-bond donors (Lipinski definition) is 1. The van der Waals surface area contributed by atoms with E-state index in [-0.39, 0.29) is 12.5 Å². The summed E-state index contributed by atoms with van der Waals surface area (Å²) in [5, 5.41) is 7.72. The van der Waals surface area contributed by atoms with Gasteiger partial charge in [0.25, 0.3) is 5.91 Å². The van der Waals surface area contributed by atoms with Crippen LogP contribution in [0.25, 0.3) is 0 Å².